The third kappa shape index (κ3) is 2.09. The van der Waals surface area contributed by atoms with Crippen LogP contribution in [0, 0.1) is 0 Å². The summed E-state index contributed by atoms with van der Waals surface area (Å²) in [4.78, 5) is 25.0. The van der Waals surface area contributed by atoms with Crippen LogP contribution >= 0.6 is 0 Å². The van der Waals surface area contributed by atoms with Crippen molar-refractivity contribution in [2.24, 2.45) is 7.05 Å². The fourth-order valence-corrected chi connectivity index (χ4v) is 1.18. The van der Waals surface area contributed by atoms with Gasteiger partial charge in [-0.15, -0.1) is 0 Å². The minimum Gasteiger partial charge on any atom is -0.481 e. The lowest BCUT2D eigenvalue weighted by Crippen LogP contribution is -2.19. The van der Waals surface area contributed by atoms with Gasteiger partial charge in [-0.1, -0.05) is 0 Å². The largest absolute Gasteiger partial charge is 0.481 e. The van der Waals surface area contributed by atoms with Crippen LogP contribution in [0.4, 0.5) is 0 Å². The van der Waals surface area contributed by atoms with Gasteiger partial charge in [0.25, 0.3) is 0 Å². The summed E-state index contributed by atoms with van der Waals surface area (Å²) in [6.07, 6.45) is 2.56. The highest BCUT2D eigenvalue weighted by atomic mass is 16.4. The predicted octanol–water partition coefficient (Wildman–Crippen LogP) is 0.0630. The molecule has 0 aliphatic rings. The monoisotopic (exact) mass is 198 g/mol. The molecule has 0 spiro atoms. The maximum atomic E-state index is 10.8. The van der Waals surface area contributed by atoms with Gasteiger partial charge in [-0.3, -0.25) is 9.59 Å². The Morgan fingerprint density at radius 1 is 1.57 bits per heavy atom. The maximum absolute atomic E-state index is 10.8. The average Bonchev–Trinajstić information content (AvgIpc) is 2.46. The molecule has 1 aromatic heterocycles. The van der Waals surface area contributed by atoms with E-state index in [1.165, 1.54) is 10.8 Å². The first kappa shape index (κ1) is 10.2. The molecule has 6 nitrogen and oxygen atoms in total. The summed E-state index contributed by atoms with van der Waals surface area (Å²) in [5, 5.41) is 17.3. The number of hydrogen-bond donors (Lipinski definition) is 2. The van der Waals surface area contributed by atoms with Gasteiger partial charge >= 0.3 is 11.9 Å². The Labute approximate surface area is 79.8 Å². The van der Waals surface area contributed by atoms with Crippen molar-refractivity contribution in [3.63, 3.8) is 0 Å². The third-order valence-corrected chi connectivity index (χ3v) is 1.85. The fourth-order valence-electron chi connectivity index (χ4n) is 1.18. The summed E-state index contributed by atoms with van der Waals surface area (Å²) in [5.41, 5.74) is 0. The van der Waals surface area contributed by atoms with Gasteiger partial charge in [0.1, 0.15) is 11.7 Å². The molecule has 76 valence electrons. The molecular weight excluding hydrogens is 188 g/mol. The molecule has 0 aromatic carbocycles. The van der Waals surface area contributed by atoms with Crippen LogP contribution in [0.15, 0.2) is 12.4 Å². The summed E-state index contributed by atoms with van der Waals surface area (Å²) in [7, 11) is 1.63. The van der Waals surface area contributed by atoms with Crippen molar-refractivity contribution in [1.29, 1.82) is 0 Å². The molecule has 0 bridgehead atoms. The smallest absolute Gasteiger partial charge is 0.314 e. The number of rotatable bonds is 4. The second kappa shape index (κ2) is 3.91. The SMILES string of the molecule is Cn1ccnc1C(CC(=O)O)C(=O)O. The number of carboxylic acid groups (broad SMARTS) is 2. The molecule has 2 N–H and O–H groups in total. The summed E-state index contributed by atoms with van der Waals surface area (Å²) >= 11 is 0. The first-order valence-corrected chi connectivity index (χ1v) is 3.94. The Hall–Kier alpha value is -1.85. The number of aliphatic carboxylic acids is 2. The van der Waals surface area contributed by atoms with Crippen molar-refractivity contribution < 1.29 is 19.8 Å². The molecule has 1 atom stereocenters. The Kier molecular flexibility index (Phi) is 2.85. The zero-order valence-electron chi connectivity index (χ0n) is 7.54. The highest BCUT2D eigenvalue weighted by Gasteiger charge is 2.26. The number of imidazole rings is 1. The first-order chi connectivity index (χ1) is 6.52. The molecule has 1 heterocycles. The Morgan fingerprint density at radius 2 is 2.21 bits per heavy atom. The van der Waals surface area contributed by atoms with Crippen molar-refractivity contribution in [3.8, 4) is 0 Å². The lowest BCUT2D eigenvalue weighted by Gasteiger charge is -2.09. The van der Waals surface area contributed by atoms with Crippen molar-refractivity contribution in [2.45, 2.75) is 12.3 Å². The lowest BCUT2D eigenvalue weighted by molar-refractivity contribution is -0.145. The summed E-state index contributed by atoms with van der Waals surface area (Å²) in [6.45, 7) is 0. The summed E-state index contributed by atoms with van der Waals surface area (Å²) < 4.78 is 1.50. The summed E-state index contributed by atoms with van der Waals surface area (Å²) in [5.74, 6) is -3.17. The van der Waals surface area contributed by atoms with E-state index in [0.29, 0.717) is 0 Å². The van der Waals surface area contributed by atoms with Crippen LogP contribution in [0.2, 0.25) is 0 Å². The van der Waals surface area contributed by atoms with E-state index in [1.54, 1.807) is 13.2 Å². The quantitative estimate of drug-likeness (QED) is 0.713. The fraction of sp³-hybridized carbons (Fsp3) is 0.375. The normalized spacial score (nSPS) is 12.4. The maximum Gasteiger partial charge on any atom is 0.314 e. The van der Waals surface area contributed by atoms with Gasteiger partial charge in [0.05, 0.1) is 6.42 Å². The molecule has 0 aliphatic carbocycles. The van der Waals surface area contributed by atoms with Crippen LogP contribution in [0.5, 0.6) is 0 Å². The predicted molar refractivity (Wildman–Crippen MR) is 45.8 cm³/mol. The van der Waals surface area contributed by atoms with Gasteiger partial charge in [0, 0.05) is 19.4 Å². The second-order valence-electron chi connectivity index (χ2n) is 2.89. The minimum absolute atomic E-state index is 0.250. The molecule has 0 aliphatic heterocycles. The number of carbonyl (C=O) groups is 2. The van der Waals surface area contributed by atoms with E-state index in [9.17, 15) is 9.59 Å². The zero-order chi connectivity index (χ0) is 10.7. The number of nitrogens with zero attached hydrogens (tertiary/aromatic N) is 2. The number of carboxylic acids is 2. The van der Waals surface area contributed by atoms with Gasteiger partial charge in [-0.2, -0.15) is 0 Å². The number of hydrogen-bond acceptors (Lipinski definition) is 3. The van der Waals surface area contributed by atoms with Gasteiger partial charge < -0.3 is 14.8 Å². The topological polar surface area (TPSA) is 92.4 Å². The van der Waals surface area contributed by atoms with E-state index in [4.69, 9.17) is 10.2 Å². The van der Waals surface area contributed by atoms with Crippen LogP contribution in [-0.4, -0.2) is 31.7 Å². The van der Waals surface area contributed by atoms with Crippen LogP contribution in [0.3, 0.4) is 0 Å². The zero-order valence-corrected chi connectivity index (χ0v) is 7.54. The third-order valence-electron chi connectivity index (χ3n) is 1.85. The molecule has 6 heteroatoms. The molecule has 0 saturated heterocycles. The van der Waals surface area contributed by atoms with Crippen LogP contribution < -0.4 is 0 Å². The average molecular weight is 198 g/mol. The highest BCUT2D eigenvalue weighted by molar-refractivity contribution is 5.81. The summed E-state index contributed by atoms with van der Waals surface area (Å²) in [6, 6.07) is 0. The Balaban J connectivity index is 2.94. The molecular formula is C8H10N2O4. The Morgan fingerprint density at radius 3 is 2.57 bits per heavy atom. The molecule has 0 saturated carbocycles. The molecule has 1 unspecified atom stereocenters. The van der Waals surface area contributed by atoms with Crippen LogP contribution in [0.1, 0.15) is 18.2 Å². The minimum atomic E-state index is -1.18. The molecule has 1 aromatic rings. The number of aromatic nitrogens is 2. The molecule has 14 heavy (non-hydrogen) atoms. The van der Waals surface area contributed by atoms with E-state index in [2.05, 4.69) is 4.98 Å². The van der Waals surface area contributed by atoms with Crippen LogP contribution in [0.25, 0.3) is 0 Å². The van der Waals surface area contributed by atoms with Crippen molar-refractivity contribution in [3.05, 3.63) is 18.2 Å². The highest BCUT2D eigenvalue weighted by Crippen LogP contribution is 2.17. The van der Waals surface area contributed by atoms with Gasteiger partial charge in [0.2, 0.25) is 0 Å². The molecule has 0 radical (unpaired) electrons. The van der Waals surface area contributed by atoms with Crippen molar-refractivity contribution in [2.75, 3.05) is 0 Å². The van der Waals surface area contributed by atoms with E-state index in [1.807, 2.05) is 0 Å². The molecule has 0 fully saturated rings. The number of aryl methyl sites for hydroxylation is 1. The van der Waals surface area contributed by atoms with E-state index in [-0.39, 0.29) is 5.82 Å². The van der Waals surface area contributed by atoms with E-state index >= 15 is 0 Å². The van der Waals surface area contributed by atoms with E-state index in [0.717, 1.165) is 0 Å². The molecule has 0 amide bonds. The standard InChI is InChI=1S/C8H10N2O4/c1-10-3-2-9-7(10)5(8(13)14)4-6(11)12/h2-3,5H,4H2,1H3,(H,11,12)(H,13,14). The van der Waals surface area contributed by atoms with E-state index < -0.39 is 24.3 Å². The van der Waals surface area contributed by atoms with Crippen molar-refractivity contribution >= 4 is 11.9 Å². The van der Waals surface area contributed by atoms with Crippen molar-refractivity contribution in [1.82, 2.24) is 9.55 Å². The lowest BCUT2D eigenvalue weighted by atomic mass is 10.1. The van der Waals surface area contributed by atoms with Gasteiger partial charge in [0.15, 0.2) is 0 Å². The Bertz CT molecular complexity index is 358. The first-order valence-electron chi connectivity index (χ1n) is 3.94. The van der Waals surface area contributed by atoms with Gasteiger partial charge in [-0.25, -0.2) is 4.98 Å². The van der Waals surface area contributed by atoms with Crippen LogP contribution in [-0.2, 0) is 16.6 Å². The second-order valence-corrected chi connectivity index (χ2v) is 2.89. The van der Waals surface area contributed by atoms with Gasteiger partial charge in [-0.05, 0) is 0 Å². The molecule has 1 rings (SSSR count).